The molecule has 1 aromatic carbocycles. The van der Waals surface area contributed by atoms with Gasteiger partial charge in [-0.1, -0.05) is 31.9 Å². The first kappa shape index (κ1) is 15.8. The lowest BCUT2D eigenvalue weighted by molar-refractivity contribution is -0.139. The number of hydrogen-bond donors (Lipinski definition) is 1. The number of ether oxygens (including phenoxy) is 1. The van der Waals surface area contributed by atoms with E-state index in [0.717, 1.165) is 25.8 Å². The highest BCUT2D eigenvalue weighted by molar-refractivity contribution is 5.42. The number of nitrogens with one attached hydrogen (secondary N) is 1. The van der Waals surface area contributed by atoms with Gasteiger partial charge in [0.1, 0.15) is 11.3 Å². The molecule has 1 rings (SSSR count). The van der Waals surface area contributed by atoms with Crippen molar-refractivity contribution in [3.63, 3.8) is 0 Å². The van der Waals surface area contributed by atoms with E-state index in [1.807, 2.05) is 0 Å². The van der Waals surface area contributed by atoms with E-state index in [1.54, 1.807) is 6.07 Å². The van der Waals surface area contributed by atoms with Crippen molar-refractivity contribution in [1.29, 1.82) is 0 Å². The molecule has 0 aliphatic carbocycles. The molecule has 19 heavy (non-hydrogen) atoms. The van der Waals surface area contributed by atoms with Crippen LogP contribution in [-0.4, -0.2) is 13.7 Å². The average molecular weight is 275 g/mol. The third kappa shape index (κ3) is 4.74. The zero-order valence-electron chi connectivity index (χ0n) is 11.3. The molecule has 108 valence electrons. The molecule has 0 unspecified atom stereocenters. The van der Waals surface area contributed by atoms with E-state index in [9.17, 15) is 13.2 Å². The normalized spacial score (nSPS) is 11.6. The summed E-state index contributed by atoms with van der Waals surface area (Å²) in [4.78, 5) is 0. The summed E-state index contributed by atoms with van der Waals surface area (Å²) in [7, 11) is 1.25. The van der Waals surface area contributed by atoms with Crippen molar-refractivity contribution in [3.8, 4) is 5.75 Å². The molecule has 0 heterocycles. The Balaban J connectivity index is 2.77. The van der Waals surface area contributed by atoms with Crippen LogP contribution in [0.2, 0.25) is 0 Å². The van der Waals surface area contributed by atoms with Crippen molar-refractivity contribution in [2.75, 3.05) is 13.7 Å². The highest BCUT2D eigenvalue weighted by atomic mass is 19.4. The van der Waals surface area contributed by atoms with E-state index in [2.05, 4.69) is 12.2 Å². The van der Waals surface area contributed by atoms with Crippen LogP contribution in [0.4, 0.5) is 13.2 Å². The Morgan fingerprint density at radius 1 is 1.21 bits per heavy atom. The molecule has 0 aromatic heterocycles. The molecule has 1 N–H and O–H groups in total. The molecule has 0 fully saturated rings. The SMILES string of the molecule is CCCCCNCc1cccc(OC)c1C(F)(F)F. The van der Waals surface area contributed by atoms with Gasteiger partial charge in [0.15, 0.2) is 0 Å². The number of halogens is 3. The monoisotopic (exact) mass is 275 g/mol. The zero-order valence-corrected chi connectivity index (χ0v) is 11.3. The molecular weight excluding hydrogens is 255 g/mol. The van der Waals surface area contributed by atoms with Crippen LogP contribution in [0.5, 0.6) is 5.75 Å². The van der Waals surface area contributed by atoms with Crippen molar-refractivity contribution >= 4 is 0 Å². The van der Waals surface area contributed by atoms with Crippen LogP contribution in [-0.2, 0) is 12.7 Å². The first-order chi connectivity index (χ1) is 9.00. The first-order valence-corrected chi connectivity index (χ1v) is 6.44. The molecule has 0 saturated carbocycles. The predicted molar refractivity (Wildman–Crippen MR) is 69.2 cm³/mol. The van der Waals surface area contributed by atoms with Crippen LogP contribution in [0.25, 0.3) is 0 Å². The molecule has 0 bridgehead atoms. The Hall–Kier alpha value is -1.23. The Bertz CT molecular complexity index is 391. The van der Waals surface area contributed by atoms with Crippen molar-refractivity contribution in [3.05, 3.63) is 29.3 Å². The molecule has 0 atom stereocenters. The Morgan fingerprint density at radius 2 is 1.95 bits per heavy atom. The van der Waals surface area contributed by atoms with Gasteiger partial charge in [0.05, 0.1) is 7.11 Å². The minimum absolute atomic E-state index is 0.125. The Labute approximate surface area is 112 Å². The topological polar surface area (TPSA) is 21.3 Å². The molecule has 2 nitrogen and oxygen atoms in total. The minimum atomic E-state index is -4.40. The molecule has 0 aliphatic heterocycles. The van der Waals surface area contributed by atoms with Gasteiger partial charge in [-0.15, -0.1) is 0 Å². The third-order valence-corrected chi connectivity index (χ3v) is 2.89. The summed E-state index contributed by atoms with van der Waals surface area (Å²) >= 11 is 0. The van der Waals surface area contributed by atoms with Crippen LogP contribution in [0, 0.1) is 0 Å². The molecule has 0 aliphatic rings. The molecular formula is C14H20F3NO. The van der Waals surface area contributed by atoms with Gasteiger partial charge in [0, 0.05) is 6.54 Å². The number of benzene rings is 1. The van der Waals surface area contributed by atoms with E-state index in [0.29, 0.717) is 0 Å². The van der Waals surface area contributed by atoms with Crippen molar-refractivity contribution < 1.29 is 17.9 Å². The number of hydrogen-bond acceptors (Lipinski definition) is 2. The molecule has 1 aromatic rings. The largest absolute Gasteiger partial charge is 0.496 e. The van der Waals surface area contributed by atoms with Crippen molar-refractivity contribution in [2.45, 2.75) is 38.9 Å². The second-order valence-corrected chi connectivity index (χ2v) is 4.38. The third-order valence-electron chi connectivity index (χ3n) is 2.89. The highest BCUT2D eigenvalue weighted by Crippen LogP contribution is 2.38. The smallest absolute Gasteiger partial charge is 0.420 e. The maximum atomic E-state index is 13.0. The lowest BCUT2D eigenvalue weighted by atomic mass is 10.1. The summed E-state index contributed by atoms with van der Waals surface area (Å²) in [6.07, 6.45) is -1.25. The Kier molecular flexibility index (Phi) is 6.15. The summed E-state index contributed by atoms with van der Waals surface area (Å²) in [5.74, 6) is -0.125. The summed E-state index contributed by atoms with van der Waals surface area (Å²) in [5, 5.41) is 3.04. The summed E-state index contributed by atoms with van der Waals surface area (Å²) in [6, 6.07) is 4.40. The fourth-order valence-corrected chi connectivity index (χ4v) is 1.94. The second kappa shape index (κ2) is 7.38. The van der Waals surface area contributed by atoms with Crippen LogP contribution in [0.1, 0.15) is 37.3 Å². The van der Waals surface area contributed by atoms with Gasteiger partial charge in [-0.2, -0.15) is 13.2 Å². The average Bonchev–Trinajstić information content (AvgIpc) is 2.36. The van der Waals surface area contributed by atoms with E-state index in [-0.39, 0.29) is 17.9 Å². The molecule has 5 heteroatoms. The maximum absolute atomic E-state index is 13.0. The van der Waals surface area contributed by atoms with Crippen LogP contribution >= 0.6 is 0 Å². The maximum Gasteiger partial charge on any atom is 0.420 e. The summed E-state index contributed by atoms with van der Waals surface area (Å²) in [6.45, 7) is 3.02. The van der Waals surface area contributed by atoms with Gasteiger partial charge in [-0.25, -0.2) is 0 Å². The van der Waals surface area contributed by atoms with Crippen LogP contribution in [0.15, 0.2) is 18.2 Å². The summed E-state index contributed by atoms with van der Waals surface area (Å²) < 4.78 is 43.9. The number of alkyl halides is 3. The fraction of sp³-hybridized carbons (Fsp3) is 0.571. The van der Waals surface area contributed by atoms with Gasteiger partial charge >= 0.3 is 6.18 Å². The first-order valence-electron chi connectivity index (χ1n) is 6.44. The van der Waals surface area contributed by atoms with Gasteiger partial charge in [0.2, 0.25) is 0 Å². The van der Waals surface area contributed by atoms with Crippen molar-refractivity contribution in [1.82, 2.24) is 5.32 Å². The molecule has 0 spiro atoms. The fourth-order valence-electron chi connectivity index (χ4n) is 1.94. The van der Waals surface area contributed by atoms with Crippen LogP contribution in [0.3, 0.4) is 0 Å². The van der Waals surface area contributed by atoms with Gasteiger partial charge in [-0.3, -0.25) is 0 Å². The number of rotatable bonds is 7. The lowest BCUT2D eigenvalue weighted by Crippen LogP contribution is -2.19. The zero-order chi connectivity index (χ0) is 14.3. The number of unbranched alkanes of at least 4 members (excludes halogenated alkanes) is 2. The summed E-state index contributed by atoms with van der Waals surface area (Å²) in [5.41, 5.74) is -0.455. The van der Waals surface area contributed by atoms with E-state index < -0.39 is 11.7 Å². The molecule has 0 saturated heterocycles. The quantitative estimate of drug-likeness (QED) is 0.760. The van der Waals surface area contributed by atoms with Crippen molar-refractivity contribution in [2.24, 2.45) is 0 Å². The van der Waals surface area contributed by atoms with E-state index >= 15 is 0 Å². The minimum Gasteiger partial charge on any atom is -0.496 e. The lowest BCUT2D eigenvalue weighted by Gasteiger charge is -2.16. The highest BCUT2D eigenvalue weighted by Gasteiger charge is 2.36. The van der Waals surface area contributed by atoms with E-state index in [1.165, 1.54) is 19.2 Å². The number of methoxy groups -OCH3 is 1. The second-order valence-electron chi connectivity index (χ2n) is 4.38. The van der Waals surface area contributed by atoms with Gasteiger partial charge in [-0.05, 0) is 24.6 Å². The molecule has 0 radical (unpaired) electrons. The molecule has 0 amide bonds. The van der Waals surface area contributed by atoms with Gasteiger partial charge < -0.3 is 10.1 Å². The van der Waals surface area contributed by atoms with E-state index in [4.69, 9.17) is 4.74 Å². The predicted octanol–water partition coefficient (Wildman–Crippen LogP) is 3.99. The van der Waals surface area contributed by atoms with Gasteiger partial charge in [0.25, 0.3) is 0 Å². The van der Waals surface area contributed by atoms with Crippen LogP contribution < -0.4 is 10.1 Å². The standard InChI is InChI=1S/C14H20F3NO/c1-3-4-5-9-18-10-11-7-6-8-12(19-2)13(11)14(15,16)17/h6-8,18H,3-5,9-10H2,1-2H3. The Morgan fingerprint density at radius 3 is 2.53 bits per heavy atom.